The van der Waals surface area contributed by atoms with Crippen molar-refractivity contribution in [3.8, 4) is 11.3 Å². The molecule has 1 heterocycles. The van der Waals surface area contributed by atoms with Crippen molar-refractivity contribution in [3.05, 3.63) is 59.0 Å². The number of anilines is 3. The number of thiazole rings is 1. The van der Waals surface area contributed by atoms with Gasteiger partial charge in [0.25, 0.3) is 0 Å². The highest BCUT2D eigenvalue weighted by molar-refractivity contribution is 7.92. The Bertz CT molecular complexity index is 993. The lowest BCUT2D eigenvalue weighted by molar-refractivity contribution is 0.607. The zero-order valence-corrected chi connectivity index (χ0v) is 15.8. The van der Waals surface area contributed by atoms with Gasteiger partial charge in [0.1, 0.15) is 0 Å². The van der Waals surface area contributed by atoms with E-state index in [4.69, 9.17) is 0 Å². The van der Waals surface area contributed by atoms with Crippen LogP contribution in [0.4, 0.5) is 16.5 Å². The topological polar surface area (TPSA) is 71.1 Å². The maximum Gasteiger partial charge on any atom is 0.229 e. The minimum Gasteiger partial charge on any atom is -0.332 e. The molecule has 0 spiro atoms. The van der Waals surface area contributed by atoms with Gasteiger partial charge in [0.2, 0.25) is 10.0 Å². The predicted octanol–water partition coefficient (Wildman–Crippen LogP) is 4.54. The monoisotopic (exact) mass is 373 g/mol. The van der Waals surface area contributed by atoms with Crippen LogP contribution in [0.2, 0.25) is 0 Å². The molecule has 0 fully saturated rings. The molecule has 5 nitrogen and oxygen atoms in total. The van der Waals surface area contributed by atoms with E-state index >= 15 is 0 Å². The highest BCUT2D eigenvalue weighted by atomic mass is 32.2. The number of benzene rings is 2. The van der Waals surface area contributed by atoms with Crippen LogP contribution in [0.25, 0.3) is 11.3 Å². The fourth-order valence-electron chi connectivity index (χ4n) is 2.47. The average Bonchev–Trinajstić information content (AvgIpc) is 2.87. The normalized spacial score (nSPS) is 11.3. The summed E-state index contributed by atoms with van der Waals surface area (Å²) in [6, 6.07) is 15.4. The number of aromatic nitrogens is 1. The largest absolute Gasteiger partial charge is 0.332 e. The van der Waals surface area contributed by atoms with Gasteiger partial charge in [0.05, 0.1) is 11.9 Å². The minimum absolute atomic E-state index is 0.539. The van der Waals surface area contributed by atoms with E-state index in [2.05, 4.69) is 34.1 Å². The van der Waals surface area contributed by atoms with Crippen LogP contribution in [-0.4, -0.2) is 19.7 Å². The van der Waals surface area contributed by atoms with E-state index in [1.165, 1.54) is 5.56 Å². The van der Waals surface area contributed by atoms with Crippen molar-refractivity contribution in [2.24, 2.45) is 0 Å². The van der Waals surface area contributed by atoms with Gasteiger partial charge in [0, 0.05) is 21.8 Å². The van der Waals surface area contributed by atoms with E-state index in [0.29, 0.717) is 5.69 Å². The molecule has 7 heteroatoms. The second kappa shape index (κ2) is 6.85. The molecule has 0 unspecified atom stereocenters. The van der Waals surface area contributed by atoms with Gasteiger partial charge in [-0.3, -0.25) is 4.72 Å². The van der Waals surface area contributed by atoms with E-state index in [-0.39, 0.29) is 0 Å². The van der Waals surface area contributed by atoms with Gasteiger partial charge in [-0.1, -0.05) is 24.3 Å². The fraction of sp³-hybridized carbons (Fsp3) is 0.167. The molecule has 2 aromatic carbocycles. The van der Waals surface area contributed by atoms with E-state index in [1.807, 2.05) is 31.2 Å². The summed E-state index contributed by atoms with van der Waals surface area (Å²) in [4.78, 5) is 5.77. The van der Waals surface area contributed by atoms with Crippen molar-refractivity contribution in [2.45, 2.75) is 13.8 Å². The summed E-state index contributed by atoms with van der Waals surface area (Å²) in [6.07, 6.45) is 1.13. The molecular weight excluding hydrogens is 354 g/mol. The van der Waals surface area contributed by atoms with Gasteiger partial charge in [-0.15, -0.1) is 11.3 Å². The number of aryl methyl sites for hydroxylation is 2. The Morgan fingerprint density at radius 2 is 1.72 bits per heavy atom. The number of sulfonamides is 1. The number of nitrogens with zero attached hydrogens (tertiary/aromatic N) is 1. The van der Waals surface area contributed by atoms with Crippen LogP contribution < -0.4 is 10.0 Å². The first-order valence-electron chi connectivity index (χ1n) is 7.69. The van der Waals surface area contributed by atoms with Crippen LogP contribution in [0.15, 0.2) is 48.5 Å². The Balaban J connectivity index is 1.82. The Labute approximate surface area is 151 Å². The van der Waals surface area contributed by atoms with E-state index in [1.54, 1.807) is 23.5 Å². The van der Waals surface area contributed by atoms with Gasteiger partial charge in [-0.25, -0.2) is 13.4 Å². The maximum absolute atomic E-state index is 11.3. The van der Waals surface area contributed by atoms with Gasteiger partial charge in [-0.05, 0) is 43.7 Å². The van der Waals surface area contributed by atoms with Gasteiger partial charge >= 0.3 is 0 Å². The Morgan fingerprint density at radius 3 is 2.36 bits per heavy atom. The first kappa shape index (κ1) is 17.4. The summed E-state index contributed by atoms with van der Waals surface area (Å²) in [5, 5.41) is 4.16. The van der Waals surface area contributed by atoms with Crippen molar-refractivity contribution in [1.82, 2.24) is 4.98 Å². The van der Waals surface area contributed by atoms with Crippen molar-refractivity contribution >= 4 is 37.9 Å². The number of hydrogen-bond donors (Lipinski definition) is 2. The molecule has 0 aliphatic carbocycles. The first-order chi connectivity index (χ1) is 11.8. The van der Waals surface area contributed by atoms with Crippen LogP contribution in [-0.2, 0) is 10.0 Å². The molecule has 0 aliphatic heterocycles. The molecule has 1 aromatic heterocycles. The summed E-state index contributed by atoms with van der Waals surface area (Å²) in [5.74, 6) is 0. The Hall–Kier alpha value is -2.38. The summed E-state index contributed by atoms with van der Waals surface area (Å²) in [7, 11) is -3.27. The fourth-order valence-corrected chi connectivity index (χ4v) is 3.89. The minimum atomic E-state index is -3.27. The van der Waals surface area contributed by atoms with Gasteiger partial charge in [-0.2, -0.15) is 0 Å². The van der Waals surface area contributed by atoms with E-state index in [9.17, 15) is 8.42 Å². The second-order valence-corrected chi connectivity index (χ2v) is 8.82. The maximum atomic E-state index is 11.3. The highest BCUT2D eigenvalue weighted by Gasteiger charge is 2.11. The summed E-state index contributed by atoms with van der Waals surface area (Å²) in [6.45, 7) is 4.08. The standard InChI is InChI=1S/C18H19N3O2S2/c1-12-5-4-6-16(11-12)19-18-20-17(13(2)24-18)14-7-9-15(10-8-14)21-25(3,22)23/h4-11,21H,1-3H3,(H,19,20). The quantitative estimate of drug-likeness (QED) is 0.689. The van der Waals surface area contributed by atoms with Crippen molar-refractivity contribution in [2.75, 3.05) is 16.3 Å². The van der Waals surface area contributed by atoms with E-state index in [0.717, 1.165) is 33.2 Å². The molecule has 25 heavy (non-hydrogen) atoms. The number of rotatable bonds is 5. The van der Waals surface area contributed by atoms with Crippen LogP contribution in [0.1, 0.15) is 10.4 Å². The lowest BCUT2D eigenvalue weighted by Crippen LogP contribution is -2.09. The predicted molar refractivity (Wildman–Crippen MR) is 105 cm³/mol. The molecule has 0 amide bonds. The van der Waals surface area contributed by atoms with E-state index < -0.39 is 10.0 Å². The zero-order valence-electron chi connectivity index (χ0n) is 14.2. The Morgan fingerprint density at radius 1 is 1.00 bits per heavy atom. The zero-order chi connectivity index (χ0) is 18.0. The van der Waals surface area contributed by atoms with Crippen molar-refractivity contribution in [3.63, 3.8) is 0 Å². The third kappa shape index (κ3) is 4.58. The molecule has 0 atom stereocenters. The third-order valence-electron chi connectivity index (χ3n) is 3.53. The smallest absolute Gasteiger partial charge is 0.229 e. The molecule has 2 N–H and O–H groups in total. The first-order valence-corrected chi connectivity index (χ1v) is 10.4. The van der Waals surface area contributed by atoms with Crippen molar-refractivity contribution in [1.29, 1.82) is 0 Å². The molecule has 130 valence electrons. The molecule has 0 saturated carbocycles. The third-order valence-corrected chi connectivity index (χ3v) is 5.02. The number of hydrogen-bond acceptors (Lipinski definition) is 5. The average molecular weight is 374 g/mol. The molecule has 3 aromatic rings. The lowest BCUT2D eigenvalue weighted by Gasteiger charge is -2.05. The van der Waals surface area contributed by atoms with Crippen LogP contribution in [0.5, 0.6) is 0 Å². The highest BCUT2D eigenvalue weighted by Crippen LogP contribution is 2.32. The molecular formula is C18H19N3O2S2. The SMILES string of the molecule is Cc1cccc(Nc2nc(-c3ccc(NS(C)(=O)=O)cc3)c(C)s2)c1. The summed E-state index contributed by atoms with van der Waals surface area (Å²) < 4.78 is 25.0. The van der Waals surface area contributed by atoms with Crippen LogP contribution >= 0.6 is 11.3 Å². The molecule has 3 rings (SSSR count). The molecule has 0 bridgehead atoms. The van der Waals surface area contributed by atoms with Gasteiger partial charge in [0.15, 0.2) is 5.13 Å². The van der Waals surface area contributed by atoms with Crippen molar-refractivity contribution < 1.29 is 8.42 Å². The van der Waals surface area contributed by atoms with Crippen LogP contribution in [0, 0.1) is 13.8 Å². The molecule has 0 radical (unpaired) electrons. The molecule has 0 saturated heterocycles. The second-order valence-electron chi connectivity index (χ2n) is 5.87. The Kier molecular flexibility index (Phi) is 4.78. The molecule has 0 aliphatic rings. The summed E-state index contributed by atoms with van der Waals surface area (Å²) in [5.41, 5.74) is 4.58. The summed E-state index contributed by atoms with van der Waals surface area (Å²) >= 11 is 1.59. The van der Waals surface area contributed by atoms with Crippen LogP contribution in [0.3, 0.4) is 0 Å². The lowest BCUT2D eigenvalue weighted by atomic mass is 10.1. The van der Waals surface area contributed by atoms with Gasteiger partial charge < -0.3 is 5.32 Å². The number of nitrogens with one attached hydrogen (secondary N) is 2.